The fraction of sp³-hybridized carbons (Fsp3) is 0.294. The van der Waals surface area contributed by atoms with Gasteiger partial charge >= 0.3 is 0 Å². The molecule has 0 fully saturated rings. The molecule has 0 saturated heterocycles. The van der Waals surface area contributed by atoms with E-state index in [-0.39, 0.29) is 24.8 Å². The highest BCUT2D eigenvalue weighted by molar-refractivity contribution is 9.10. The average Bonchev–Trinajstić information content (AvgIpc) is 2.87. The SMILES string of the molecule is CN(C)CCCn1nc(-c2ccccc2Br)c2cnccc21.Cl.Cl. The van der Waals surface area contributed by atoms with Crippen molar-refractivity contribution < 1.29 is 0 Å². The molecule has 0 N–H and O–H groups in total. The quantitative estimate of drug-likeness (QED) is 0.589. The van der Waals surface area contributed by atoms with Gasteiger partial charge in [0.2, 0.25) is 0 Å². The van der Waals surface area contributed by atoms with E-state index in [1.165, 1.54) is 0 Å². The molecule has 0 aliphatic rings. The Bertz CT molecular complexity index is 789. The van der Waals surface area contributed by atoms with Crippen molar-refractivity contribution in [2.45, 2.75) is 13.0 Å². The number of aromatic nitrogens is 3. The number of hydrogen-bond acceptors (Lipinski definition) is 3. The Morgan fingerprint density at radius 3 is 2.58 bits per heavy atom. The molecule has 0 spiro atoms. The van der Waals surface area contributed by atoms with Crippen molar-refractivity contribution >= 4 is 51.6 Å². The molecule has 0 saturated carbocycles. The van der Waals surface area contributed by atoms with Crippen molar-refractivity contribution in [3.63, 3.8) is 0 Å². The Labute approximate surface area is 163 Å². The van der Waals surface area contributed by atoms with E-state index in [4.69, 9.17) is 5.10 Å². The zero-order valence-electron chi connectivity index (χ0n) is 13.6. The predicted octanol–water partition coefficient (Wildman–Crippen LogP) is 4.66. The molecule has 0 unspecified atom stereocenters. The van der Waals surface area contributed by atoms with Gasteiger partial charge < -0.3 is 4.90 Å². The van der Waals surface area contributed by atoms with Crippen molar-refractivity contribution in [1.29, 1.82) is 0 Å². The molecule has 0 aliphatic heterocycles. The van der Waals surface area contributed by atoms with Crippen LogP contribution in [0.15, 0.2) is 47.2 Å². The lowest BCUT2D eigenvalue weighted by atomic mass is 10.1. The van der Waals surface area contributed by atoms with Crippen LogP contribution in [0.1, 0.15) is 6.42 Å². The Hall–Kier alpha value is -1.14. The maximum absolute atomic E-state index is 4.85. The van der Waals surface area contributed by atoms with Gasteiger partial charge in [0, 0.05) is 34.4 Å². The van der Waals surface area contributed by atoms with E-state index >= 15 is 0 Å². The molecular formula is C17H21BrCl2N4. The number of pyridine rings is 1. The van der Waals surface area contributed by atoms with Crippen molar-refractivity contribution in [2.75, 3.05) is 20.6 Å². The largest absolute Gasteiger partial charge is 0.309 e. The Morgan fingerprint density at radius 1 is 1.12 bits per heavy atom. The summed E-state index contributed by atoms with van der Waals surface area (Å²) < 4.78 is 3.15. The van der Waals surface area contributed by atoms with Crippen LogP contribution in [0.4, 0.5) is 0 Å². The summed E-state index contributed by atoms with van der Waals surface area (Å²) in [6, 6.07) is 10.2. The summed E-state index contributed by atoms with van der Waals surface area (Å²) in [5, 5.41) is 5.94. The normalized spacial score (nSPS) is 10.5. The van der Waals surface area contributed by atoms with E-state index in [9.17, 15) is 0 Å². The van der Waals surface area contributed by atoms with E-state index in [0.29, 0.717) is 0 Å². The number of rotatable bonds is 5. The highest BCUT2D eigenvalue weighted by atomic mass is 79.9. The summed E-state index contributed by atoms with van der Waals surface area (Å²) in [4.78, 5) is 6.47. The van der Waals surface area contributed by atoms with Crippen LogP contribution in [-0.2, 0) is 6.54 Å². The van der Waals surface area contributed by atoms with Gasteiger partial charge in [-0.25, -0.2) is 0 Å². The third kappa shape index (κ3) is 4.48. The molecule has 0 amide bonds. The van der Waals surface area contributed by atoms with Crippen LogP contribution in [0.3, 0.4) is 0 Å². The minimum atomic E-state index is 0. The second kappa shape index (κ2) is 9.37. The summed E-state index contributed by atoms with van der Waals surface area (Å²) in [6.45, 7) is 1.96. The van der Waals surface area contributed by atoms with Gasteiger partial charge in [-0.3, -0.25) is 9.67 Å². The minimum Gasteiger partial charge on any atom is -0.309 e. The molecule has 3 rings (SSSR count). The van der Waals surface area contributed by atoms with Crippen molar-refractivity contribution in [1.82, 2.24) is 19.7 Å². The first-order chi connectivity index (χ1) is 10.7. The molecule has 3 aromatic rings. The standard InChI is InChI=1S/C17H19BrN4.2ClH/c1-21(2)10-5-11-22-16-8-9-19-12-14(16)17(20-22)13-6-3-4-7-15(13)18;;/h3-4,6-9,12H,5,10-11H2,1-2H3;2*1H. The monoisotopic (exact) mass is 430 g/mol. The second-order valence-electron chi connectivity index (χ2n) is 5.60. The van der Waals surface area contributed by atoms with Crippen LogP contribution >= 0.6 is 40.7 Å². The van der Waals surface area contributed by atoms with E-state index in [1.807, 2.05) is 36.7 Å². The lowest BCUT2D eigenvalue weighted by Gasteiger charge is -2.09. The summed E-state index contributed by atoms with van der Waals surface area (Å²) in [7, 11) is 4.19. The molecule has 4 nitrogen and oxygen atoms in total. The third-order valence-corrected chi connectivity index (χ3v) is 4.35. The van der Waals surface area contributed by atoms with Crippen LogP contribution in [0, 0.1) is 0 Å². The lowest BCUT2D eigenvalue weighted by Crippen LogP contribution is -2.15. The maximum atomic E-state index is 4.85. The summed E-state index contributed by atoms with van der Waals surface area (Å²) >= 11 is 3.62. The fourth-order valence-corrected chi connectivity index (χ4v) is 3.06. The van der Waals surface area contributed by atoms with Gasteiger partial charge in [-0.15, -0.1) is 24.8 Å². The summed E-state index contributed by atoms with van der Waals surface area (Å²) in [6.07, 6.45) is 4.80. The predicted molar refractivity (Wildman–Crippen MR) is 108 cm³/mol. The molecule has 0 atom stereocenters. The number of aryl methyl sites for hydroxylation is 1. The first kappa shape index (κ1) is 20.9. The number of fused-ring (bicyclic) bond motifs is 1. The molecule has 1 aromatic carbocycles. The van der Waals surface area contributed by atoms with Gasteiger partial charge in [-0.1, -0.05) is 34.1 Å². The Balaban J connectivity index is 0.00000144. The molecule has 24 heavy (non-hydrogen) atoms. The number of halogens is 3. The average molecular weight is 432 g/mol. The smallest absolute Gasteiger partial charge is 0.103 e. The van der Waals surface area contributed by atoms with E-state index in [1.54, 1.807) is 0 Å². The van der Waals surface area contributed by atoms with E-state index in [0.717, 1.165) is 46.1 Å². The molecule has 0 radical (unpaired) electrons. The number of hydrogen-bond donors (Lipinski definition) is 0. The van der Waals surface area contributed by atoms with Crippen molar-refractivity contribution in [2.24, 2.45) is 0 Å². The highest BCUT2D eigenvalue weighted by Gasteiger charge is 2.14. The van der Waals surface area contributed by atoms with Crippen LogP contribution in [-0.4, -0.2) is 40.3 Å². The summed E-state index contributed by atoms with van der Waals surface area (Å²) in [5.41, 5.74) is 3.23. The second-order valence-corrected chi connectivity index (χ2v) is 6.46. The lowest BCUT2D eigenvalue weighted by molar-refractivity contribution is 0.383. The molecule has 0 aliphatic carbocycles. The molecule has 2 aromatic heterocycles. The molecule has 0 bridgehead atoms. The highest BCUT2D eigenvalue weighted by Crippen LogP contribution is 2.32. The van der Waals surface area contributed by atoms with E-state index < -0.39 is 0 Å². The Kier molecular flexibility index (Phi) is 8.16. The third-order valence-electron chi connectivity index (χ3n) is 3.66. The molecule has 7 heteroatoms. The van der Waals surface area contributed by atoms with Crippen molar-refractivity contribution in [3.05, 3.63) is 47.2 Å². The molecular weight excluding hydrogens is 411 g/mol. The van der Waals surface area contributed by atoms with Gasteiger partial charge in [0.15, 0.2) is 0 Å². The van der Waals surface area contributed by atoms with Crippen LogP contribution < -0.4 is 0 Å². The van der Waals surface area contributed by atoms with Crippen LogP contribution in [0.5, 0.6) is 0 Å². The van der Waals surface area contributed by atoms with Gasteiger partial charge in [0.25, 0.3) is 0 Å². The minimum absolute atomic E-state index is 0. The number of nitrogens with zero attached hydrogens (tertiary/aromatic N) is 4. The van der Waals surface area contributed by atoms with Crippen molar-refractivity contribution in [3.8, 4) is 11.3 Å². The van der Waals surface area contributed by atoms with E-state index in [2.05, 4.69) is 50.7 Å². The van der Waals surface area contributed by atoms with Crippen LogP contribution in [0.25, 0.3) is 22.2 Å². The fourth-order valence-electron chi connectivity index (χ4n) is 2.58. The van der Waals surface area contributed by atoms with Gasteiger partial charge in [-0.05, 0) is 39.2 Å². The molecule has 130 valence electrons. The molecule has 2 heterocycles. The van der Waals surface area contributed by atoms with Gasteiger partial charge in [0.1, 0.15) is 5.69 Å². The van der Waals surface area contributed by atoms with Gasteiger partial charge in [0.05, 0.1) is 5.52 Å². The van der Waals surface area contributed by atoms with Gasteiger partial charge in [-0.2, -0.15) is 5.10 Å². The Morgan fingerprint density at radius 2 is 1.88 bits per heavy atom. The topological polar surface area (TPSA) is 34.0 Å². The zero-order chi connectivity index (χ0) is 15.5. The zero-order valence-corrected chi connectivity index (χ0v) is 16.9. The first-order valence-electron chi connectivity index (χ1n) is 7.37. The maximum Gasteiger partial charge on any atom is 0.103 e. The summed E-state index contributed by atoms with van der Waals surface area (Å²) in [5.74, 6) is 0. The van der Waals surface area contributed by atoms with Crippen LogP contribution in [0.2, 0.25) is 0 Å². The first-order valence-corrected chi connectivity index (χ1v) is 8.16. The number of benzene rings is 1.